The molecule has 3 nitrogen and oxygen atoms in total. The monoisotopic (exact) mass is 248 g/mol. The second-order valence-corrected chi connectivity index (χ2v) is 4.46. The van der Waals surface area contributed by atoms with Crippen LogP contribution in [0.2, 0.25) is 0 Å². The average molecular weight is 248 g/mol. The molecular formula is C14H17FN2O. The van der Waals surface area contributed by atoms with Crippen molar-refractivity contribution in [1.29, 1.82) is 0 Å². The number of hydrogen-bond acceptors (Lipinski definition) is 3. The number of aromatic nitrogens is 1. The van der Waals surface area contributed by atoms with Crippen molar-refractivity contribution in [2.24, 2.45) is 0 Å². The summed E-state index contributed by atoms with van der Waals surface area (Å²) in [5.41, 5.74) is 0.452. The molecule has 1 heterocycles. The Kier molecular flexibility index (Phi) is 4.10. The van der Waals surface area contributed by atoms with Crippen LogP contribution in [-0.2, 0) is 6.42 Å². The Morgan fingerprint density at radius 1 is 1.33 bits per heavy atom. The summed E-state index contributed by atoms with van der Waals surface area (Å²) in [5.74, 6) is 0.814. The molecule has 0 unspecified atom stereocenters. The second kappa shape index (κ2) is 5.78. The van der Waals surface area contributed by atoms with Crippen molar-refractivity contribution in [2.45, 2.75) is 26.3 Å². The van der Waals surface area contributed by atoms with E-state index in [0.29, 0.717) is 29.7 Å². The lowest BCUT2D eigenvalue weighted by Gasteiger charge is -2.05. The van der Waals surface area contributed by atoms with E-state index < -0.39 is 0 Å². The summed E-state index contributed by atoms with van der Waals surface area (Å²) in [6, 6.07) is 6.97. The minimum absolute atomic E-state index is 0.291. The Hall–Kier alpha value is -1.68. The van der Waals surface area contributed by atoms with Crippen LogP contribution >= 0.6 is 0 Å². The topological polar surface area (TPSA) is 38.1 Å². The first-order valence-electron chi connectivity index (χ1n) is 6.10. The Morgan fingerprint density at radius 3 is 2.83 bits per heavy atom. The molecule has 18 heavy (non-hydrogen) atoms. The van der Waals surface area contributed by atoms with Gasteiger partial charge in [0, 0.05) is 19.0 Å². The van der Waals surface area contributed by atoms with Crippen LogP contribution in [0, 0.1) is 5.82 Å². The summed E-state index contributed by atoms with van der Waals surface area (Å²) >= 11 is 0. The van der Waals surface area contributed by atoms with Crippen LogP contribution in [0.15, 0.2) is 34.9 Å². The molecule has 1 N–H and O–H groups in total. The highest BCUT2D eigenvalue weighted by molar-refractivity contribution is 5.56. The molecule has 1 aromatic heterocycles. The minimum Gasteiger partial charge on any atom is -0.441 e. The molecule has 96 valence electrons. The first-order chi connectivity index (χ1) is 8.66. The van der Waals surface area contributed by atoms with E-state index in [2.05, 4.69) is 24.1 Å². The molecule has 0 atom stereocenters. The summed E-state index contributed by atoms with van der Waals surface area (Å²) in [6.45, 7) is 4.97. The summed E-state index contributed by atoms with van der Waals surface area (Å²) < 4.78 is 19.1. The lowest BCUT2D eigenvalue weighted by Crippen LogP contribution is -2.24. The van der Waals surface area contributed by atoms with Gasteiger partial charge >= 0.3 is 0 Å². The van der Waals surface area contributed by atoms with Gasteiger partial charge < -0.3 is 9.73 Å². The zero-order valence-corrected chi connectivity index (χ0v) is 10.6. The van der Waals surface area contributed by atoms with Crippen molar-refractivity contribution in [1.82, 2.24) is 10.3 Å². The molecule has 0 radical (unpaired) electrons. The lowest BCUT2D eigenvalue weighted by atomic mass is 10.2. The molecule has 2 aromatic rings. The normalized spacial score (nSPS) is 11.1. The van der Waals surface area contributed by atoms with Gasteiger partial charge in [0.1, 0.15) is 5.82 Å². The van der Waals surface area contributed by atoms with Crippen molar-refractivity contribution in [3.63, 3.8) is 0 Å². The lowest BCUT2D eigenvalue weighted by molar-refractivity contribution is 0.482. The largest absolute Gasteiger partial charge is 0.441 e. The van der Waals surface area contributed by atoms with Crippen LogP contribution < -0.4 is 5.32 Å². The maximum Gasteiger partial charge on any atom is 0.196 e. The van der Waals surface area contributed by atoms with Gasteiger partial charge in [-0.25, -0.2) is 9.37 Å². The molecule has 0 saturated heterocycles. The third-order valence-electron chi connectivity index (χ3n) is 2.58. The number of oxazole rings is 1. The van der Waals surface area contributed by atoms with Gasteiger partial charge in [0.15, 0.2) is 11.7 Å². The molecule has 0 saturated carbocycles. The number of rotatable bonds is 5. The predicted octanol–water partition coefficient (Wildman–Crippen LogP) is 3.02. The van der Waals surface area contributed by atoms with Gasteiger partial charge in [0.25, 0.3) is 0 Å². The minimum atomic E-state index is -0.291. The molecule has 1 aromatic carbocycles. The van der Waals surface area contributed by atoms with Crippen molar-refractivity contribution >= 4 is 0 Å². The van der Waals surface area contributed by atoms with E-state index in [9.17, 15) is 4.39 Å². The number of nitrogens with one attached hydrogen (secondary N) is 1. The Balaban J connectivity index is 2.04. The number of nitrogens with zero attached hydrogens (tertiary/aromatic N) is 1. The van der Waals surface area contributed by atoms with Crippen LogP contribution in [0.4, 0.5) is 4.39 Å². The maximum atomic E-state index is 13.5. The van der Waals surface area contributed by atoms with E-state index in [1.165, 1.54) is 6.07 Å². The Bertz CT molecular complexity index is 508. The zero-order chi connectivity index (χ0) is 13.0. The van der Waals surface area contributed by atoms with Crippen LogP contribution in [0.25, 0.3) is 11.3 Å². The third-order valence-corrected chi connectivity index (χ3v) is 2.58. The average Bonchev–Trinajstić information content (AvgIpc) is 2.78. The van der Waals surface area contributed by atoms with E-state index >= 15 is 0 Å². The summed E-state index contributed by atoms with van der Waals surface area (Å²) in [7, 11) is 0. The van der Waals surface area contributed by atoms with Gasteiger partial charge in [-0.2, -0.15) is 0 Å². The Labute approximate surface area is 106 Å². The Morgan fingerprint density at radius 2 is 2.11 bits per heavy atom. The summed E-state index contributed by atoms with van der Waals surface area (Å²) in [5, 5.41) is 3.28. The van der Waals surface area contributed by atoms with Crippen LogP contribution in [0.5, 0.6) is 0 Å². The van der Waals surface area contributed by atoms with E-state index in [4.69, 9.17) is 4.42 Å². The molecule has 0 amide bonds. The highest BCUT2D eigenvalue weighted by atomic mass is 19.1. The van der Waals surface area contributed by atoms with Crippen molar-refractivity contribution < 1.29 is 8.81 Å². The molecule has 0 aliphatic heterocycles. The van der Waals surface area contributed by atoms with Crippen LogP contribution in [-0.4, -0.2) is 17.6 Å². The molecular weight excluding hydrogens is 231 g/mol. The summed E-state index contributed by atoms with van der Waals surface area (Å²) in [6.07, 6.45) is 2.27. The predicted molar refractivity (Wildman–Crippen MR) is 68.7 cm³/mol. The summed E-state index contributed by atoms with van der Waals surface area (Å²) in [4.78, 5) is 4.16. The number of hydrogen-bond donors (Lipinski definition) is 1. The molecule has 4 heteroatoms. The van der Waals surface area contributed by atoms with Crippen molar-refractivity contribution in [3.8, 4) is 11.3 Å². The van der Waals surface area contributed by atoms with Crippen LogP contribution in [0.1, 0.15) is 19.7 Å². The molecule has 2 rings (SSSR count). The number of benzene rings is 1. The number of halogens is 1. The zero-order valence-electron chi connectivity index (χ0n) is 10.6. The van der Waals surface area contributed by atoms with Gasteiger partial charge in [0.05, 0.1) is 11.8 Å². The molecule has 0 aliphatic carbocycles. The van der Waals surface area contributed by atoms with Gasteiger partial charge in [0.2, 0.25) is 0 Å². The van der Waals surface area contributed by atoms with Crippen LogP contribution in [0.3, 0.4) is 0 Å². The second-order valence-electron chi connectivity index (χ2n) is 4.46. The fraction of sp³-hybridized carbons (Fsp3) is 0.357. The van der Waals surface area contributed by atoms with Gasteiger partial charge in [-0.15, -0.1) is 0 Å². The maximum absolute atomic E-state index is 13.5. The van der Waals surface area contributed by atoms with Crippen molar-refractivity contribution in [3.05, 3.63) is 42.2 Å². The van der Waals surface area contributed by atoms with Gasteiger partial charge in [-0.1, -0.05) is 26.0 Å². The van der Waals surface area contributed by atoms with Gasteiger partial charge in [-0.05, 0) is 12.1 Å². The van der Waals surface area contributed by atoms with E-state index in [0.717, 1.165) is 6.54 Å². The molecule has 0 aliphatic rings. The molecule has 0 fully saturated rings. The van der Waals surface area contributed by atoms with Crippen molar-refractivity contribution in [2.75, 3.05) is 6.54 Å². The highest BCUT2D eigenvalue weighted by Crippen LogP contribution is 2.23. The van der Waals surface area contributed by atoms with E-state index in [-0.39, 0.29) is 5.82 Å². The quantitative estimate of drug-likeness (QED) is 0.883. The molecule has 0 bridgehead atoms. The van der Waals surface area contributed by atoms with E-state index in [1.807, 2.05) is 0 Å². The van der Waals surface area contributed by atoms with Gasteiger partial charge in [-0.3, -0.25) is 0 Å². The molecule has 0 spiro atoms. The smallest absolute Gasteiger partial charge is 0.196 e. The first kappa shape index (κ1) is 12.8. The SMILES string of the molecule is CC(C)NCCc1ncc(-c2ccccc2F)o1. The van der Waals surface area contributed by atoms with E-state index in [1.54, 1.807) is 24.4 Å². The highest BCUT2D eigenvalue weighted by Gasteiger charge is 2.10. The standard InChI is InChI=1S/C14H17FN2O/c1-10(2)16-8-7-14-17-9-13(18-14)11-5-3-4-6-12(11)15/h3-6,9-10,16H,7-8H2,1-2H3. The fourth-order valence-corrected chi connectivity index (χ4v) is 1.68. The fourth-order valence-electron chi connectivity index (χ4n) is 1.68. The third kappa shape index (κ3) is 3.17. The first-order valence-corrected chi connectivity index (χ1v) is 6.10.